The third-order valence-electron chi connectivity index (χ3n) is 3.50. The van der Waals surface area contributed by atoms with Gasteiger partial charge in [0, 0.05) is 34.2 Å². The van der Waals surface area contributed by atoms with E-state index in [1.807, 2.05) is 18.2 Å². The number of hydrogen-bond donors (Lipinski definition) is 1. The monoisotopic (exact) mass is 301 g/mol. The highest BCUT2D eigenvalue weighted by Crippen LogP contribution is 2.26. The fourth-order valence-electron chi connectivity index (χ4n) is 2.42. The third-order valence-corrected chi connectivity index (χ3v) is 3.73. The van der Waals surface area contributed by atoms with Crippen LogP contribution < -0.4 is 4.74 Å². The summed E-state index contributed by atoms with van der Waals surface area (Å²) in [5.41, 5.74) is 2.24. The second-order valence-electron chi connectivity index (χ2n) is 4.88. The summed E-state index contributed by atoms with van der Waals surface area (Å²) in [7, 11) is 0. The average Bonchev–Trinajstić information content (AvgIpc) is 2.84. The lowest BCUT2D eigenvalue weighted by molar-refractivity contribution is 0.307. The molecule has 1 N–H and O–H groups in total. The molecule has 0 aliphatic rings. The van der Waals surface area contributed by atoms with E-state index in [1.54, 1.807) is 24.3 Å². The molecule has 108 valence electrons. The van der Waals surface area contributed by atoms with Crippen LogP contribution in [0, 0.1) is 0 Å². The number of phenols is 1. The summed E-state index contributed by atoms with van der Waals surface area (Å²) < 4.78 is 7.95. The largest absolute Gasteiger partial charge is 0.508 e. The molecule has 0 aliphatic carbocycles. The molecule has 1 aromatic heterocycles. The molecule has 1 heterocycles. The molecule has 0 amide bonds. The minimum absolute atomic E-state index is 0.236. The van der Waals surface area contributed by atoms with E-state index in [-0.39, 0.29) is 5.75 Å². The van der Waals surface area contributed by atoms with Crippen molar-refractivity contribution >= 4 is 22.5 Å². The molecule has 4 heteroatoms. The Balaban J connectivity index is 1.88. The molecule has 0 unspecified atom stereocenters. The van der Waals surface area contributed by atoms with Crippen molar-refractivity contribution in [3.05, 3.63) is 59.2 Å². The number of aromatic nitrogens is 1. The number of benzene rings is 2. The number of fused-ring (bicyclic) bond motifs is 1. The Hall–Kier alpha value is -2.13. The van der Waals surface area contributed by atoms with E-state index in [9.17, 15) is 5.11 Å². The lowest BCUT2D eigenvalue weighted by atomic mass is 10.2. The van der Waals surface area contributed by atoms with Crippen LogP contribution in [0.5, 0.6) is 11.5 Å². The van der Waals surface area contributed by atoms with Gasteiger partial charge in [0.25, 0.3) is 0 Å². The first-order chi connectivity index (χ1) is 10.2. The van der Waals surface area contributed by atoms with Gasteiger partial charge in [-0.15, -0.1) is 0 Å². The minimum Gasteiger partial charge on any atom is -0.508 e. The van der Waals surface area contributed by atoms with Gasteiger partial charge in [0.2, 0.25) is 0 Å². The topological polar surface area (TPSA) is 34.4 Å². The van der Waals surface area contributed by atoms with Gasteiger partial charge >= 0.3 is 0 Å². The summed E-state index contributed by atoms with van der Waals surface area (Å²) in [6.45, 7) is 3.47. The van der Waals surface area contributed by atoms with Crippen LogP contribution in [0.4, 0.5) is 0 Å². The molecule has 0 fully saturated rings. The van der Waals surface area contributed by atoms with Crippen molar-refractivity contribution in [3.8, 4) is 11.5 Å². The van der Waals surface area contributed by atoms with E-state index in [0.717, 1.165) is 33.8 Å². The third kappa shape index (κ3) is 2.83. The highest BCUT2D eigenvalue weighted by Gasteiger charge is 2.09. The molecule has 0 saturated heterocycles. The fraction of sp³-hybridized carbons (Fsp3) is 0.176. The normalized spacial score (nSPS) is 11.0. The van der Waals surface area contributed by atoms with Gasteiger partial charge in [-0.05, 0) is 43.3 Å². The summed E-state index contributed by atoms with van der Waals surface area (Å²) in [6.07, 6.45) is 2.10. The van der Waals surface area contributed by atoms with E-state index in [1.165, 1.54) is 0 Å². The standard InChI is InChI=1S/C17H16ClNO2/c1-2-19-10-12(16-8-3-13(18)9-17(16)19)11-21-15-6-4-14(20)5-7-15/h3-10,20H,2,11H2,1H3. The molecule has 0 bridgehead atoms. The molecular weight excluding hydrogens is 286 g/mol. The van der Waals surface area contributed by atoms with Crippen molar-refractivity contribution in [2.24, 2.45) is 0 Å². The van der Waals surface area contributed by atoms with E-state index in [0.29, 0.717) is 6.61 Å². The first kappa shape index (κ1) is 13.8. The van der Waals surface area contributed by atoms with Gasteiger partial charge in [-0.3, -0.25) is 0 Å². The van der Waals surface area contributed by atoms with Crippen molar-refractivity contribution in [2.45, 2.75) is 20.1 Å². The molecule has 0 aliphatic heterocycles. The van der Waals surface area contributed by atoms with Crippen LogP contribution in [0.1, 0.15) is 12.5 Å². The summed E-state index contributed by atoms with van der Waals surface area (Å²) in [5, 5.41) is 11.2. The van der Waals surface area contributed by atoms with E-state index in [4.69, 9.17) is 16.3 Å². The average molecular weight is 302 g/mol. The SMILES string of the molecule is CCn1cc(COc2ccc(O)cc2)c2ccc(Cl)cc21. The van der Waals surface area contributed by atoms with Gasteiger partial charge in [0.15, 0.2) is 0 Å². The van der Waals surface area contributed by atoms with Crippen molar-refractivity contribution in [1.82, 2.24) is 4.57 Å². The quantitative estimate of drug-likeness (QED) is 0.764. The Kier molecular flexibility index (Phi) is 3.76. The summed E-state index contributed by atoms with van der Waals surface area (Å²) in [6, 6.07) is 12.6. The molecule has 0 saturated carbocycles. The first-order valence-electron chi connectivity index (χ1n) is 6.86. The van der Waals surface area contributed by atoms with Gasteiger partial charge < -0.3 is 14.4 Å². The van der Waals surface area contributed by atoms with Crippen LogP contribution in [0.2, 0.25) is 5.02 Å². The number of phenolic OH excluding ortho intramolecular Hbond substituents is 1. The molecular formula is C17H16ClNO2. The Morgan fingerprint density at radius 1 is 1.14 bits per heavy atom. The van der Waals surface area contributed by atoms with Crippen LogP contribution >= 0.6 is 11.6 Å². The number of aromatic hydroxyl groups is 1. The minimum atomic E-state index is 0.236. The number of ether oxygens (including phenoxy) is 1. The van der Waals surface area contributed by atoms with E-state index < -0.39 is 0 Å². The zero-order chi connectivity index (χ0) is 14.8. The lowest BCUT2D eigenvalue weighted by Gasteiger charge is -2.05. The zero-order valence-electron chi connectivity index (χ0n) is 11.7. The second kappa shape index (κ2) is 5.70. The van der Waals surface area contributed by atoms with Gasteiger partial charge in [-0.1, -0.05) is 17.7 Å². The summed E-state index contributed by atoms with van der Waals surface area (Å²) in [4.78, 5) is 0. The Morgan fingerprint density at radius 2 is 1.90 bits per heavy atom. The van der Waals surface area contributed by atoms with Crippen molar-refractivity contribution in [1.29, 1.82) is 0 Å². The van der Waals surface area contributed by atoms with Crippen LogP contribution in [0.25, 0.3) is 10.9 Å². The van der Waals surface area contributed by atoms with Gasteiger partial charge in [-0.25, -0.2) is 0 Å². The van der Waals surface area contributed by atoms with Gasteiger partial charge in [0.05, 0.1) is 0 Å². The van der Waals surface area contributed by atoms with Crippen LogP contribution in [-0.2, 0) is 13.2 Å². The zero-order valence-corrected chi connectivity index (χ0v) is 12.5. The predicted molar refractivity (Wildman–Crippen MR) is 85.1 cm³/mol. The predicted octanol–water partition coefficient (Wildman–Crippen LogP) is 4.60. The fourth-order valence-corrected chi connectivity index (χ4v) is 2.59. The highest BCUT2D eigenvalue weighted by molar-refractivity contribution is 6.31. The lowest BCUT2D eigenvalue weighted by Crippen LogP contribution is -1.94. The highest BCUT2D eigenvalue weighted by atomic mass is 35.5. The Bertz CT molecular complexity index is 762. The Labute approximate surface area is 128 Å². The molecule has 0 atom stereocenters. The van der Waals surface area contributed by atoms with Crippen LogP contribution in [0.3, 0.4) is 0 Å². The Morgan fingerprint density at radius 3 is 2.62 bits per heavy atom. The molecule has 3 rings (SSSR count). The summed E-state index contributed by atoms with van der Waals surface area (Å²) in [5.74, 6) is 0.971. The maximum Gasteiger partial charge on any atom is 0.120 e. The second-order valence-corrected chi connectivity index (χ2v) is 5.32. The van der Waals surface area contributed by atoms with E-state index >= 15 is 0 Å². The molecule has 21 heavy (non-hydrogen) atoms. The van der Waals surface area contributed by atoms with Crippen LogP contribution in [-0.4, -0.2) is 9.67 Å². The van der Waals surface area contributed by atoms with Gasteiger partial charge in [-0.2, -0.15) is 0 Å². The number of halogens is 1. The number of hydrogen-bond acceptors (Lipinski definition) is 2. The van der Waals surface area contributed by atoms with Crippen molar-refractivity contribution in [3.63, 3.8) is 0 Å². The smallest absolute Gasteiger partial charge is 0.120 e. The molecule has 3 aromatic rings. The molecule has 2 aromatic carbocycles. The molecule has 0 radical (unpaired) electrons. The first-order valence-corrected chi connectivity index (χ1v) is 7.24. The summed E-state index contributed by atoms with van der Waals surface area (Å²) >= 11 is 6.08. The molecule has 3 nitrogen and oxygen atoms in total. The number of nitrogens with zero attached hydrogens (tertiary/aromatic N) is 1. The van der Waals surface area contributed by atoms with Crippen molar-refractivity contribution < 1.29 is 9.84 Å². The van der Waals surface area contributed by atoms with Crippen LogP contribution in [0.15, 0.2) is 48.7 Å². The maximum absolute atomic E-state index is 9.27. The number of rotatable bonds is 4. The van der Waals surface area contributed by atoms with Gasteiger partial charge in [0.1, 0.15) is 18.1 Å². The van der Waals surface area contributed by atoms with E-state index in [2.05, 4.69) is 17.7 Å². The maximum atomic E-state index is 9.27. The number of aryl methyl sites for hydroxylation is 1. The van der Waals surface area contributed by atoms with Crippen molar-refractivity contribution in [2.75, 3.05) is 0 Å². The molecule has 0 spiro atoms.